The fourth-order valence-corrected chi connectivity index (χ4v) is 2.66. The molecule has 0 saturated carbocycles. The number of rotatable bonds is 3. The molecule has 2 heterocycles. The van der Waals surface area contributed by atoms with Crippen molar-refractivity contribution in [2.24, 2.45) is 5.73 Å². The lowest BCUT2D eigenvalue weighted by Crippen LogP contribution is -2.17. The Hall–Kier alpha value is -1.78. The van der Waals surface area contributed by atoms with E-state index in [0.29, 0.717) is 10.8 Å². The van der Waals surface area contributed by atoms with E-state index in [1.54, 1.807) is 10.9 Å². The van der Waals surface area contributed by atoms with E-state index in [2.05, 4.69) is 18.1 Å². The summed E-state index contributed by atoms with van der Waals surface area (Å²) in [6, 6.07) is 7.60. The first-order valence-corrected chi connectivity index (χ1v) is 6.95. The molecule has 1 atom stereocenters. The second kappa shape index (κ2) is 4.96. The predicted molar refractivity (Wildman–Crippen MR) is 79.9 cm³/mol. The van der Waals surface area contributed by atoms with Gasteiger partial charge in [0, 0.05) is 11.9 Å². The first kappa shape index (κ1) is 13.2. The number of hydrogen-bond donors (Lipinski definition) is 1. The van der Waals surface area contributed by atoms with Gasteiger partial charge in [-0.3, -0.25) is 4.68 Å². The van der Waals surface area contributed by atoms with Crippen molar-refractivity contribution in [1.29, 1.82) is 0 Å². The molecule has 0 amide bonds. The van der Waals surface area contributed by atoms with Crippen LogP contribution in [-0.4, -0.2) is 9.78 Å². The minimum Gasteiger partial charge on any atom is -0.459 e. The zero-order valence-corrected chi connectivity index (χ0v) is 12.2. The first-order valence-electron chi connectivity index (χ1n) is 6.57. The lowest BCUT2D eigenvalue weighted by Gasteiger charge is -2.11. The van der Waals surface area contributed by atoms with Crippen LogP contribution in [0.15, 0.2) is 34.9 Å². The Morgan fingerprint density at radius 3 is 2.95 bits per heavy atom. The van der Waals surface area contributed by atoms with Gasteiger partial charge < -0.3 is 10.2 Å². The Labute approximate surface area is 122 Å². The van der Waals surface area contributed by atoms with Crippen molar-refractivity contribution < 1.29 is 4.42 Å². The molecule has 1 aromatic carbocycles. The molecule has 0 spiro atoms. The van der Waals surface area contributed by atoms with E-state index < -0.39 is 6.04 Å². The van der Waals surface area contributed by atoms with Crippen LogP contribution in [0.3, 0.4) is 0 Å². The van der Waals surface area contributed by atoms with Crippen LogP contribution in [0.4, 0.5) is 0 Å². The number of nitrogens with two attached hydrogens (primary N) is 1. The maximum atomic E-state index is 6.30. The normalized spacial score (nSPS) is 13.0. The Bertz CT molecular complexity index is 760. The van der Waals surface area contributed by atoms with E-state index in [9.17, 15) is 0 Å². The number of hydrogen-bond acceptors (Lipinski definition) is 3. The number of halogens is 1. The van der Waals surface area contributed by atoms with Gasteiger partial charge in [0.15, 0.2) is 0 Å². The predicted octanol–water partition coefficient (Wildman–Crippen LogP) is 3.66. The zero-order chi connectivity index (χ0) is 14.3. The van der Waals surface area contributed by atoms with Crippen LogP contribution in [0.2, 0.25) is 5.02 Å². The van der Waals surface area contributed by atoms with Crippen LogP contribution in [0.25, 0.3) is 11.0 Å². The van der Waals surface area contributed by atoms with Gasteiger partial charge in [-0.25, -0.2) is 0 Å². The molecule has 3 rings (SSSR count). The van der Waals surface area contributed by atoms with Crippen molar-refractivity contribution in [3.63, 3.8) is 0 Å². The molecular formula is C15H16ClN3O. The number of aryl methyl sites for hydroxylation is 2. The molecule has 0 bridgehead atoms. The van der Waals surface area contributed by atoms with Crippen LogP contribution in [0.5, 0.6) is 0 Å². The number of fused-ring (bicyclic) bond motifs is 1. The number of nitrogens with zero attached hydrogens (tertiary/aromatic N) is 2. The SMILES string of the molecule is CCn1ncc(Cl)c1C(N)c1cc2cc(C)ccc2o1. The lowest BCUT2D eigenvalue weighted by atomic mass is 10.1. The van der Waals surface area contributed by atoms with Crippen LogP contribution in [-0.2, 0) is 6.54 Å². The fourth-order valence-electron chi connectivity index (χ4n) is 2.40. The van der Waals surface area contributed by atoms with Crippen LogP contribution < -0.4 is 5.73 Å². The van der Waals surface area contributed by atoms with Crippen molar-refractivity contribution in [1.82, 2.24) is 9.78 Å². The smallest absolute Gasteiger partial charge is 0.134 e. The van der Waals surface area contributed by atoms with Crippen molar-refractivity contribution in [2.75, 3.05) is 0 Å². The first-order chi connectivity index (χ1) is 9.60. The summed E-state index contributed by atoms with van der Waals surface area (Å²) in [5.41, 5.74) is 9.11. The summed E-state index contributed by atoms with van der Waals surface area (Å²) in [6.45, 7) is 4.77. The van der Waals surface area contributed by atoms with Gasteiger partial charge in [-0.15, -0.1) is 0 Å². The van der Waals surface area contributed by atoms with E-state index in [-0.39, 0.29) is 0 Å². The van der Waals surface area contributed by atoms with Gasteiger partial charge in [-0.05, 0) is 32.0 Å². The van der Waals surface area contributed by atoms with E-state index in [1.165, 1.54) is 5.56 Å². The third-order valence-corrected chi connectivity index (χ3v) is 3.72. The maximum absolute atomic E-state index is 6.30. The molecule has 0 fully saturated rings. The van der Waals surface area contributed by atoms with Crippen molar-refractivity contribution in [3.05, 3.63) is 52.5 Å². The van der Waals surface area contributed by atoms with E-state index in [0.717, 1.165) is 23.2 Å². The summed E-state index contributed by atoms with van der Waals surface area (Å²) in [5, 5.41) is 5.83. The average Bonchev–Trinajstić information content (AvgIpc) is 3.00. The van der Waals surface area contributed by atoms with Gasteiger partial charge in [-0.1, -0.05) is 23.2 Å². The monoisotopic (exact) mass is 289 g/mol. The Balaban J connectivity index is 2.07. The molecular weight excluding hydrogens is 274 g/mol. The summed E-state index contributed by atoms with van der Waals surface area (Å²) in [4.78, 5) is 0. The molecule has 0 aliphatic carbocycles. The molecule has 4 nitrogen and oxygen atoms in total. The van der Waals surface area contributed by atoms with E-state index in [4.69, 9.17) is 21.8 Å². The molecule has 0 aliphatic rings. The second-order valence-corrected chi connectivity index (χ2v) is 5.27. The van der Waals surface area contributed by atoms with Crippen LogP contribution >= 0.6 is 11.6 Å². The topological polar surface area (TPSA) is 57.0 Å². The quantitative estimate of drug-likeness (QED) is 0.800. The third kappa shape index (κ3) is 2.11. The number of aromatic nitrogens is 2. The Morgan fingerprint density at radius 2 is 2.20 bits per heavy atom. The highest BCUT2D eigenvalue weighted by atomic mass is 35.5. The van der Waals surface area contributed by atoms with Gasteiger partial charge in [0.2, 0.25) is 0 Å². The molecule has 0 saturated heterocycles. The fraction of sp³-hybridized carbons (Fsp3) is 0.267. The number of furan rings is 1. The van der Waals surface area contributed by atoms with E-state index >= 15 is 0 Å². The van der Waals surface area contributed by atoms with Crippen LogP contribution in [0, 0.1) is 6.92 Å². The molecule has 104 valence electrons. The average molecular weight is 290 g/mol. The van der Waals surface area contributed by atoms with Crippen molar-refractivity contribution in [3.8, 4) is 0 Å². The number of benzene rings is 1. The summed E-state index contributed by atoms with van der Waals surface area (Å²) in [7, 11) is 0. The lowest BCUT2D eigenvalue weighted by molar-refractivity contribution is 0.500. The van der Waals surface area contributed by atoms with Gasteiger partial charge in [-0.2, -0.15) is 5.10 Å². The van der Waals surface area contributed by atoms with Crippen molar-refractivity contribution in [2.45, 2.75) is 26.4 Å². The summed E-state index contributed by atoms with van der Waals surface area (Å²) in [6.07, 6.45) is 1.62. The minimum atomic E-state index is -0.419. The highest BCUT2D eigenvalue weighted by Crippen LogP contribution is 2.30. The van der Waals surface area contributed by atoms with Crippen LogP contribution in [0.1, 0.15) is 30.0 Å². The zero-order valence-electron chi connectivity index (χ0n) is 11.4. The van der Waals surface area contributed by atoms with E-state index in [1.807, 2.05) is 25.1 Å². The molecule has 2 aromatic heterocycles. The third-order valence-electron chi connectivity index (χ3n) is 3.42. The Kier molecular flexibility index (Phi) is 3.28. The van der Waals surface area contributed by atoms with Gasteiger partial charge >= 0.3 is 0 Å². The maximum Gasteiger partial charge on any atom is 0.134 e. The van der Waals surface area contributed by atoms with Gasteiger partial charge in [0.05, 0.1) is 16.9 Å². The highest BCUT2D eigenvalue weighted by Gasteiger charge is 2.21. The molecule has 2 N–H and O–H groups in total. The molecule has 5 heteroatoms. The highest BCUT2D eigenvalue weighted by molar-refractivity contribution is 6.31. The standard InChI is InChI=1S/C15H16ClN3O/c1-3-19-15(11(16)8-18-19)14(17)13-7-10-6-9(2)4-5-12(10)20-13/h4-8,14H,3,17H2,1-2H3. The van der Waals surface area contributed by atoms with Crippen molar-refractivity contribution >= 4 is 22.6 Å². The molecule has 20 heavy (non-hydrogen) atoms. The Morgan fingerprint density at radius 1 is 1.40 bits per heavy atom. The largest absolute Gasteiger partial charge is 0.459 e. The molecule has 1 unspecified atom stereocenters. The minimum absolute atomic E-state index is 0.419. The summed E-state index contributed by atoms with van der Waals surface area (Å²) >= 11 is 6.19. The van der Waals surface area contributed by atoms with Gasteiger partial charge in [0.1, 0.15) is 17.4 Å². The molecule has 0 aliphatic heterocycles. The summed E-state index contributed by atoms with van der Waals surface area (Å²) < 4.78 is 7.64. The molecule has 3 aromatic rings. The molecule has 0 radical (unpaired) electrons. The second-order valence-electron chi connectivity index (χ2n) is 4.86. The summed E-state index contributed by atoms with van der Waals surface area (Å²) in [5.74, 6) is 0.697. The van der Waals surface area contributed by atoms with Gasteiger partial charge in [0.25, 0.3) is 0 Å².